The summed E-state index contributed by atoms with van der Waals surface area (Å²) in [6, 6.07) is 6.18. The average Bonchev–Trinajstić information content (AvgIpc) is 2.90. The van der Waals surface area contributed by atoms with Crippen molar-refractivity contribution in [2.24, 2.45) is 11.1 Å². The molecule has 8 heteroatoms. The van der Waals surface area contributed by atoms with Crippen LogP contribution in [0.3, 0.4) is 0 Å². The van der Waals surface area contributed by atoms with Crippen molar-refractivity contribution in [3.05, 3.63) is 48.2 Å². The van der Waals surface area contributed by atoms with Crippen LogP contribution in [0.25, 0.3) is 10.9 Å². The topological polar surface area (TPSA) is 70.1 Å². The van der Waals surface area contributed by atoms with E-state index in [4.69, 9.17) is 9.88 Å². The third-order valence-corrected chi connectivity index (χ3v) is 4.33. The van der Waals surface area contributed by atoms with Gasteiger partial charge in [0.15, 0.2) is 11.6 Å². The largest absolute Gasteiger partial charge is 0.453 e. The second kappa shape index (κ2) is 6.89. The molecule has 1 heterocycles. The minimum Gasteiger partial charge on any atom is -0.453 e. The summed E-state index contributed by atoms with van der Waals surface area (Å²) in [6.45, 7) is 4.81. The Bertz CT molecular complexity index is 956. The van der Waals surface area contributed by atoms with Crippen molar-refractivity contribution < 1.29 is 17.7 Å². The van der Waals surface area contributed by atoms with E-state index in [1.165, 1.54) is 6.07 Å². The zero-order valence-electron chi connectivity index (χ0n) is 13.7. The summed E-state index contributed by atoms with van der Waals surface area (Å²) < 4.78 is 46.1. The monoisotopic (exact) mass is 365 g/mol. The molecule has 0 aliphatic heterocycles. The maximum atomic E-state index is 13.8. The van der Waals surface area contributed by atoms with Crippen molar-refractivity contribution in [1.29, 1.82) is 0 Å². The lowest BCUT2D eigenvalue weighted by molar-refractivity contribution is 0.429. The molecule has 0 saturated heterocycles. The first kappa shape index (κ1) is 17.5. The summed E-state index contributed by atoms with van der Waals surface area (Å²) in [5, 5.41) is 10.6. The highest BCUT2D eigenvalue weighted by molar-refractivity contribution is 7.82. The molecule has 1 atom stereocenters. The number of fused-ring (bicyclic) bond motifs is 1. The molecule has 25 heavy (non-hydrogen) atoms. The third kappa shape index (κ3) is 3.69. The predicted molar refractivity (Wildman–Crippen MR) is 91.6 cm³/mol. The molecule has 0 saturated carbocycles. The number of rotatable bonds is 5. The number of nitrogens with zero attached hydrogens (tertiary/aromatic N) is 2. The summed E-state index contributed by atoms with van der Waals surface area (Å²) >= 11 is 0. The van der Waals surface area contributed by atoms with Crippen molar-refractivity contribution in [3.63, 3.8) is 0 Å². The first-order valence-corrected chi connectivity index (χ1v) is 8.85. The van der Waals surface area contributed by atoms with Crippen LogP contribution in [-0.2, 0) is 17.5 Å². The summed E-state index contributed by atoms with van der Waals surface area (Å²) in [5.74, 6) is -1.23. The summed E-state index contributed by atoms with van der Waals surface area (Å²) in [7, 11) is -1.85. The van der Waals surface area contributed by atoms with Crippen LogP contribution in [0.1, 0.15) is 13.8 Å². The summed E-state index contributed by atoms with van der Waals surface area (Å²) in [5.41, 5.74) is 0.759. The van der Waals surface area contributed by atoms with E-state index in [1.807, 2.05) is 0 Å². The van der Waals surface area contributed by atoms with Gasteiger partial charge in [0.2, 0.25) is 0 Å². The van der Waals surface area contributed by atoms with E-state index in [-0.39, 0.29) is 16.4 Å². The lowest BCUT2D eigenvalue weighted by Gasteiger charge is -2.12. The molecule has 132 valence electrons. The van der Waals surface area contributed by atoms with Crippen LogP contribution in [0, 0.1) is 17.6 Å². The molecule has 3 aromatic rings. The van der Waals surface area contributed by atoms with Gasteiger partial charge in [-0.3, -0.25) is 4.68 Å². The van der Waals surface area contributed by atoms with Crippen LogP contribution in [-0.4, -0.2) is 14.0 Å². The highest BCUT2D eigenvalue weighted by Crippen LogP contribution is 2.33. The van der Waals surface area contributed by atoms with E-state index in [1.54, 1.807) is 23.0 Å². The van der Waals surface area contributed by atoms with Gasteiger partial charge in [0.25, 0.3) is 0 Å². The second-order valence-electron chi connectivity index (χ2n) is 6.05. The molecule has 0 bridgehead atoms. The van der Waals surface area contributed by atoms with Gasteiger partial charge in [-0.2, -0.15) is 5.10 Å². The zero-order chi connectivity index (χ0) is 18.1. The minimum atomic E-state index is -1.85. The maximum absolute atomic E-state index is 13.8. The highest BCUT2D eigenvalue weighted by atomic mass is 32.2. The van der Waals surface area contributed by atoms with E-state index < -0.39 is 22.6 Å². The van der Waals surface area contributed by atoms with E-state index in [0.29, 0.717) is 18.5 Å². The smallest absolute Gasteiger partial charge is 0.168 e. The van der Waals surface area contributed by atoms with Gasteiger partial charge in [-0.15, -0.1) is 0 Å². The van der Waals surface area contributed by atoms with Gasteiger partial charge in [-0.05, 0) is 30.2 Å². The molecule has 2 aromatic carbocycles. The molecule has 0 aliphatic carbocycles. The fourth-order valence-electron chi connectivity index (χ4n) is 2.49. The summed E-state index contributed by atoms with van der Waals surface area (Å²) in [4.78, 5) is 0.210. The fraction of sp³-hybridized carbons (Fsp3) is 0.235. The minimum absolute atomic E-state index is 0.142. The zero-order valence-corrected chi connectivity index (χ0v) is 14.5. The van der Waals surface area contributed by atoms with E-state index in [2.05, 4.69) is 18.9 Å². The Balaban J connectivity index is 2.08. The standard InChI is InChI=1S/C17H17F2N3O2S/c1-10(2)9-22-14-7-17(25(20)23)16(5-11(14)8-21-22)24-15-4-3-12(18)6-13(15)19/h3-8,10H,9,20H2,1-2H3. The van der Waals surface area contributed by atoms with Gasteiger partial charge in [-0.25, -0.2) is 18.1 Å². The molecule has 2 N–H and O–H groups in total. The van der Waals surface area contributed by atoms with E-state index >= 15 is 0 Å². The molecule has 0 fully saturated rings. The Morgan fingerprint density at radius 1 is 1.24 bits per heavy atom. The number of hydrogen-bond donors (Lipinski definition) is 1. The Hall–Kier alpha value is -2.32. The molecule has 5 nitrogen and oxygen atoms in total. The van der Waals surface area contributed by atoms with Crippen molar-refractivity contribution in [3.8, 4) is 11.5 Å². The quantitative estimate of drug-likeness (QED) is 0.749. The van der Waals surface area contributed by atoms with Crippen LogP contribution >= 0.6 is 0 Å². The van der Waals surface area contributed by atoms with Gasteiger partial charge < -0.3 is 4.74 Å². The van der Waals surface area contributed by atoms with Crippen LogP contribution in [0.2, 0.25) is 0 Å². The number of aromatic nitrogens is 2. The normalized spacial score (nSPS) is 12.7. The number of nitrogens with two attached hydrogens (primary N) is 1. The average molecular weight is 365 g/mol. The highest BCUT2D eigenvalue weighted by Gasteiger charge is 2.16. The Kier molecular flexibility index (Phi) is 4.82. The number of halogens is 2. The van der Waals surface area contributed by atoms with E-state index in [0.717, 1.165) is 17.0 Å². The number of hydrogen-bond acceptors (Lipinski definition) is 3. The first-order valence-electron chi connectivity index (χ1n) is 7.64. The van der Waals surface area contributed by atoms with Gasteiger partial charge in [-0.1, -0.05) is 13.8 Å². The third-order valence-electron chi connectivity index (χ3n) is 3.58. The van der Waals surface area contributed by atoms with Crippen molar-refractivity contribution >= 4 is 21.9 Å². The van der Waals surface area contributed by atoms with Crippen molar-refractivity contribution in [2.75, 3.05) is 0 Å². The molecule has 0 amide bonds. The van der Waals surface area contributed by atoms with Crippen LogP contribution < -0.4 is 9.88 Å². The lowest BCUT2D eigenvalue weighted by atomic mass is 10.2. The Morgan fingerprint density at radius 2 is 2.00 bits per heavy atom. The molecule has 0 spiro atoms. The molecular formula is C17H17F2N3O2S. The SMILES string of the molecule is CC(C)Cn1ncc2cc(Oc3ccc(F)cc3F)c(S(N)=O)cc21. The Morgan fingerprint density at radius 3 is 2.64 bits per heavy atom. The van der Waals surface area contributed by atoms with Gasteiger partial charge in [0.05, 0.1) is 16.6 Å². The van der Waals surface area contributed by atoms with Crippen LogP contribution in [0.15, 0.2) is 41.4 Å². The molecule has 3 rings (SSSR count). The van der Waals surface area contributed by atoms with Crippen molar-refractivity contribution in [1.82, 2.24) is 9.78 Å². The molecule has 1 aromatic heterocycles. The van der Waals surface area contributed by atoms with Crippen LogP contribution in [0.4, 0.5) is 8.78 Å². The van der Waals surface area contributed by atoms with Crippen molar-refractivity contribution in [2.45, 2.75) is 25.3 Å². The first-order chi connectivity index (χ1) is 11.8. The molecule has 0 aliphatic rings. The van der Waals surface area contributed by atoms with Gasteiger partial charge in [0.1, 0.15) is 22.6 Å². The second-order valence-corrected chi connectivity index (χ2v) is 7.09. The number of ether oxygens (including phenoxy) is 1. The predicted octanol–water partition coefficient (Wildman–Crippen LogP) is 3.74. The van der Waals surface area contributed by atoms with Crippen LogP contribution in [0.5, 0.6) is 11.5 Å². The maximum Gasteiger partial charge on any atom is 0.168 e. The number of benzene rings is 2. The molecule has 1 unspecified atom stereocenters. The van der Waals surface area contributed by atoms with Gasteiger partial charge >= 0.3 is 0 Å². The lowest BCUT2D eigenvalue weighted by Crippen LogP contribution is -2.08. The summed E-state index contributed by atoms with van der Waals surface area (Å²) in [6.07, 6.45) is 1.65. The Labute approximate surface area is 146 Å². The fourth-order valence-corrected chi connectivity index (χ4v) is 3.02. The van der Waals surface area contributed by atoms with E-state index in [9.17, 15) is 13.0 Å². The molecular weight excluding hydrogens is 348 g/mol. The molecule has 0 radical (unpaired) electrons. The van der Waals surface area contributed by atoms with Gasteiger partial charge in [0, 0.05) is 18.0 Å².